The lowest BCUT2D eigenvalue weighted by atomic mass is 10.1. The lowest BCUT2D eigenvalue weighted by Crippen LogP contribution is -2.16. The van der Waals surface area contributed by atoms with Gasteiger partial charge in [-0.2, -0.15) is 0 Å². The molecule has 0 amide bonds. The Morgan fingerprint density at radius 2 is 1.75 bits per heavy atom. The highest BCUT2D eigenvalue weighted by Crippen LogP contribution is 2.25. The molecule has 4 rings (SSSR count). The van der Waals surface area contributed by atoms with Crippen LogP contribution in [-0.4, -0.2) is 23.3 Å². The van der Waals surface area contributed by atoms with Crippen molar-refractivity contribution in [2.75, 3.05) is 6.61 Å². The second-order valence-electron chi connectivity index (χ2n) is 6.03. The van der Waals surface area contributed by atoms with Gasteiger partial charge in [-0.05, 0) is 36.4 Å². The molecule has 0 fully saturated rings. The summed E-state index contributed by atoms with van der Waals surface area (Å²) < 4.78 is 24.3. The van der Waals surface area contributed by atoms with Gasteiger partial charge in [0.05, 0.1) is 22.9 Å². The third kappa shape index (κ3) is 3.40. The Labute approximate surface area is 159 Å². The van der Waals surface area contributed by atoms with Crippen molar-refractivity contribution in [1.82, 2.24) is 4.98 Å². The standard InChI is InChI=1S/C22H14FNO4/c23-17-8-3-1-7-15(17)20(25)13-28-22(26)16-12-19(21-10-5-11-27-21)24-18-9-4-2-6-14(16)18/h1-12H,13H2. The molecule has 138 valence electrons. The van der Waals surface area contributed by atoms with E-state index in [2.05, 4.69) is 4.98 Å². The molecule has 5 nitrogen and oxygen atoms in total. The van der Waals surface area contributed by atoms with E-state index in [4.69, 9.17) is 9.15 Å². The lowest BCUT2D eigenvalue weighted by molar-refractivity contribution is 0.0475. The van der Waals surface area contributed by atoms with Gasteiger partial charge in [-0.3, -0.25) is 4.79 Å². The van der Waals surface area contributed by atoms with Gasteiger partial charge in [-0.25, -0.2) is 14.2 Å². The third-order valence-corrected chi connectivity index (χ3v) is 4.22. The number of benzene rings is 2. The SMILES string of the molecule is O=C(COC(=O)c1cc(-c2ccco2)nc2ccccc12)c1ccccc1F. The quantitative estimate of drug-likeness (QED) is 0.374. The average molecular weight is 375 g/mol. The number of esters is 1. The first-order chi connectivity index (χ1) is 13.6. The molecule has 0 aliphatic rings. The van der Waals surface area contributed by atoms with Gasteiger partial charge in [-0.1, -0.05) is 30.3 Å². The van der Waals surface area contributed by atoms with E-state index in [1.807, 2.05) is 0 Å². The van der Waals surface area contributed by atoms with Crippen molar-refractivity contribution >= 4 is 22.7 Å². The molecule has 0 saturated heterocycles. The molecule has 0 aliphatic carbocycles. The van der Waals surface area contributed by atoms with Crippen LogP contribution in [0.5, 0.6) is 0 Å². The van der Waals surface area contributed by atoms with Gasteiger partial charge in [0, 0.05) is 5.39 Å². The van der Waals surface area contributed by atoms with Crippen molar-refractivity contribution in [1.29, 1.82) is 0 Å². The van der Waals surface area contributed by atoms with Gasteiger partial charge in [0.2, 0.25) is 5.78 Å². The number of fused-ring (bicyclic) bond motifs is 1. The number of ketones is 1. The van der Waals surface area contributed by atoms with Crippen LogP contribution in [0.1, 0.15) is 20.7 Å². The molecule has 0 atom stereocenters. The predicted octanol–water partition coefficient (Wildman–Crippen LogP) is 4.67. The van der Waals surface area contributed by atoms with E-state index in [-0.39, 0.29) is 11.1 Å². The number of furan rings is 1. The van der Waals surface area contributed by atoms with Crippen molar-refractivity contribution in [2.45, 2.75) is 0 Å². The Bertz CT molecular complexity index is 1170. The van der Waals surface area contributed by atoms with Gasteiger partial charge in [0.15, 0.2) is 12.4 Å². The van der Waals surface area contributed by atoms with Crippen molar-refractivity contribution < 1.29 is 23.1 Å². The molecule has 2 aromatic carbocycles. The molecule has 6 heteroatoms. The van der Waals surface area contributed by atoms with Crippen molar-refractivity contribution in [2.24, 2.45) is 0 Å². The molecule has 0 spiro atoms. The first-order valence-electron chi connectivity index (χ1n) is 8.52. The number of aromatic nitrogens is 1. The normalized spacial score (nSPS) is 10.8. The van der Waals surface area contributed by atoms with E-state index < -0.39 is 24.2 Å². The molecule has 0 radical (unpaired) electrons. The number of hydrogen-bond acceptors (Lipinski definition) is 5. The first-order valence-corrected chi connectivity index (χ1v) is 8.52. The zero-order valence-electron chi connectivity index (χ0n) is 14.6. The average Bonchev–Trinajstić information content (AvgIpc) is 3.26. The highest BCUT2D eigenvalue weighted by molar-refractivity contribution is 6.06. The van der Waals surface area contributed by atoms with Crippen LogP contribution in [0.25, 0.3) is 22.4 Å². The Balaban J connectivity index is 1.63. The van der Waals surface area contributed by atoms with Gasteiger partial charge in [0.1, 0.15) is 11.5 Å². The fraction of sp³-hybridized carbons (Fsp3) is 0.0455. The maximum atomic E-state index is 13.7. The van der Waals surface area contributed by atoms with Crippen molar-refractivity contribution in [3.05, 3.63) is 89.9 Å². The highest BCUT2D eigenvalue weighted by Gasteiger charge is 2.18. The highest BCUT2D eigenvalue weighted by atomic mass is 19.1. The maximum Gasteiger partial charge on any atom is 0.339 e. The van der Waals surface area contributed by atoms with Crippen LogP contribution in [0.4, 0.5) is 4.39 Å². The fourth-order valence-electron chi connectivity index (χ4n) is 2.87. The summed E-state index contributed by atoms with van der Waals surface area (Å²) in [5.41, 5.74) is 1.18. The van der Waals surface area contributed by atoms with Crippen molar-refractivity contribution in [3.8, 4) is 11.5 Å². The minimum absolute atomic E-state index is 0.119. The lowest BCUT2D eigenvalue weighted by Gasteiger charge is -2.09. The Morgan fingerprint density at radius 3 is 2.54 bits per heavy atom. The topological polar surface area (TPSA) is 69.4 Å². The molecule has 0 saturated carbocycles. The number of ether oxygens (including phenoxy) is 1. The van der Waals surface area contributed by atoms with Gasteiger partial charge >= 0.3 is 5.97 Å². The largest absolute Gasteiger partial charge is 0.463 e. The van der Waals surface area contributed by atoms with Crippen molar-refractivity contribution in [3.63, 3.8) is 0 Å². The number of carbonyl (C=O) groups is 2. The summed E-state index contributed by atoms with van der Waals surface area (Å²) in [6.45, 7) is -0.563. The van der Waals surface area contributed by atoms with E-state index in [1.54, 1.807) is 48.5 Å². The smallest absolute Gasteiger partial charge is 0.339 e. The zero-order valence-corrected chi connectivity index (χ0v) is 14.6. The number of halogens is 1. The van der Waals surface area contributed by atoms with Crippen LogP contribution >= 0.6 is 0 Å². The second kappa shape index (κ2) is 7.44. The van der Waals surface area contributed by atoms with Crippen LogP contribution in [0.3, 0.4) is 0 Å². The van der Waals surface area contributed by atoms with E-state index in [0.717, 1.165) is 0 Å². The second-order valence-corrected chi connectivity index (χ2v) is 6.03. The molecular weight excluding hydrogens is 361 g/mol. The monoisotopic (exact) mass is 375 g/mol. The molecule has 2 aromatic heterocycles. The summed E-state index contributed by atoms with van der Waals surface area (Å²) in [5, 5.41) is 0.584. The van der Waals surface area contributed by atoms with Crippen LogP contribution in [-0.2, 0) is 4.74 Å². The number of carbonyl (C=O) groups excluding carboxylic acids is 2. The number of Topliss-reactive ketones (excluding diaryl/α,β-unsaturated/α-hetero) is 1. The Morgan fingerprint density at radius 1 is 0.964 bits per heavy atom. The maximum absolute atomic E-state index is 13.7. The van der Waals surface area contributed by atoms with E-state index in [0.29, 0.717) is 22.4 Å². The molecule has 0 aliphatic heterocycles. The molecule has 0 unspecified atom stereocenters. The van der Waals surface area contributed by atoms with Crippen LogP contribution in [0.2, 0.25) is 0 Å². The first kappa shape index (κ1) is 17.6. The summed E-state index contributed by atoms with van der Waals surface area (Å²) in [4.78, 5) is 29.3. The minimum Gasteiger partial charge on any atom is -0.463 e. The molecule has 0 N–H and O–H groups in total. The minimum atomic E-state index is -0.698. The predicted molar refractivity (Wildman–Crippen MR) is 100 cm³/mol. The van der Waals surface area contributed by atoms with Gasteiger partial charge in [-0.15, -0.1) is 0 Å². The van der Waals surface area contributed by atoms with E-state index >= 15 is 0 Å². The van der Waals surface area contributed by atoms with Crippen LogP contribution < -0.4 is 0 Å². The molecule has 0 bridgehead atoms. The van der Waals surface area contributed by atoms with Gasteiger partial charge < -0.3 is 9.15 Å². The van der Waals surface area contributed by atoms with Gasteiger partial charge in [0.25, 0.3) is 0 Å². The number of para-hydroxylation sites is 1. The number of nitrogens with zero attached hydrogens (tertiary/aromatic N) is 1. The number of rotatable bonds is 5. The molecular formula is C22H14FNO4. The Kier molecular flexibility index (Phi) is 4.68. The summed E-state index contributed by atoms with van der Waals surface area (Å²) >= 11 is 0. The fourth-order valence-corrected chi connectivity index (χ4v) is 2.87. The van der Waals surface area contributed by atoms with E-state index in [1.165, 1.54) is 24.5 Å². The van der Waals surface area contributed by atoms with Crippen LogP contribution in [0, 0.1) is 5.82 Å². The van der Waals surface area contributed by atoms with Crippen LogP contribution in [0.15, 0.2) is 77.4 Å². The summed E-state index contributed by atoms with van der Waals surface area (Å²) in [5.74, 6) is -1.47. The number of hydrogen-bond donors (Lipinski definition) is 0. The molecule has 4 aromatic rings. The molecule has 2 heterocycles. The zero-order chi connectivity index (χ0) is 19.5. The van der Waals surface area contributed by atoms with E-state index in [9.17, 15) is 14.0 Å². The molecule has 28 heavy (non-hydrogen) atoms. The number of pyridine rings is 1. The Hall–Kier alpha value is -3.80. The summed E-state index contributed by atoms with van der Waals surface area (Å²) in [6, 6.07) is 17.6. The summed E-state index contributed by atoms with van der Waals surface area (Å²) in [7, 11) is 0. The third-order valence-electron chi connectivity index (χ3n) is 4.22. The summed E-state index contributed by atoms with van der Waals surface area (Å²) in [6.07, 6.45) is 1.51.